The highest BCUT2D eigenvalue weighted by Gasteiger charge is 2.78. The molecule has 2 aliphatic carbocycles. The van der Waals surface area contributed by atoms with Crippen LogP contribution in [0.2, 0.25) is 0 Å². The summed E-state index contributed by atoms with van der Waals surface area (Å²) in [6, 6.07) is 14.5. The van der Waals surface area contributed by atoms with Gasteiger partial charge in [0.25, 0.3) is 0 Å². The molecule has 2 aliphatic heterocycles. The first-order chi connectivity index (χ1) is 19.9. The normalized spacial score (nSPS) is 26.9. The molecule has 0 bridgehead atoms. The van der Waals surface area contributed by atoms with Gasteiger partial charge in [-0.3, -0.25) is 14.5 Å². The lowest BCUT2D eigenvalue weighted by Gasteiger charge is -2.35. The van der Waals surface area contributed by atoms with Crippen molar-refractivity contribution < 1.29 is 19.4 Å². The Labute approximate surface area is 244 Å². The topological polar surface area (TPSA) is 86.2 Å². The lowest BCUT2D eigenvalue weighted by molar-refractivity contribution is -0.150. The molecule has 7 rings (SSSR count). The molecule has 4 fully saturated rings. The Morgan fingerprint density at radius 3 is 2.83 bits per heavy atom. The number of para-hydroxylation sites is 1. The summed E-state index contributed by atoms with van der Waals surface area (Å²) in [7, 11) is 0. The van der Waals surface area contributed by atoms with Crippen molar-refractivity contribution in [3.63, 3.8) is 0 Å². The lowest BCUT2D eigenvalue weighted by Crippen LogP contribution is -2.49. The van der Waals surface area contributed by atoms with Gasteiger partial charge in [-0.05, 0) is 66.3 Å². The van der Waals surface area contributed by atoms with Crippen LogP contribution in [0, 0.1) is 30.1 Å². The van der Waals surface area contributed by atoms with Crippen molar-refractivity contribution in [3.05, 3.63) is 64.5 Å². The van der Waals surface area contributed by atoms with Gasteiger partial charge in [-0.1, -0.05) is 30.3 Å². The Hall–Kier alpha value is -3.43. The van der Waals surface area contributed by atoms with Crippen LogP contribution in [-0.2, 0) is 22.7 Å². The van der Waals surface area contributed by atoms with Crippen molar-refractivity contribution in [3.8, 4) is 17.0 Å². The Morgan fingerprint density at radius 1 is 1.20 bits per heavy atom. The van der Waals surface area contributed by atoms with Gasteiger partial charge in [0.05, 0.1) is 18.2 Å². The molecule has 1 spiro atoms. The Balaban J connectivity index is 0.999. The summed E-state index contributed by atoms with van der Waals surface area (Å²) in [5, 5.41) is 12.7. The summed E-state index contributed by atoms with van der Waals surface area (Å²) < 4.78 is 6.35. The first-order valence-corrected chi connectivity index (χ1v) is 15.5. The number of aryl methyl sites for hydroxylation is 1. The number of piperazine rings is 1. The minimum Gasteiger partial charge on any atom is -0.488 e. The Bertz CT molecular complexity index is 1510. The maximum atomic E-state index is 12.3. The van der Waals surface area contributed by atoms with Crippen LogP contribution in [0.1, 0.15) is 30.0 Å². The minimum absolute atomic E-state index is 0.174. The zero-order valence-electron chi connectivity index (χ0n) is 23.6. The van der Waals surface area contributed by atoms with Gasteiger partial charge in [0.15, 0.2) is 5.13 Å². The van der Waals surface area contributed by atoms with Crippen LogP contribution in [0.3, 0.4) is 0 Å². The lowest BCUT2D eigenvalue weighted by atomic mass is 9.66. The molecule has 4 atom stereocenters. The number of anilines is 1. The molecule has 3 aromatic rings. The molecule has 214 valence electrons. The first kappa shape index (κ1) is 26.5. The number of carboxylic acid groups (broad SMARTS) is 1. The van der Waals surface area contributed by atoms with Gasteiger partial charge in [-0.15, -0.1) is 11.3 Å². The largest absolute Gasteiger partial charge is 0.488 e. The van der Waals surface area contributed by atoms with Gasteiger partial charge in [-0.2, -0.15) is 0 Å². The molecule has 4 aliphatic rings. The van der Waals surface area contributed by atoms with Crippen molar-refractivity contribution in [1.82, 2.24) is 14.8 Å². The van der Waals surface area contributed by atoms with E-state index in [1.165, 1.54) is 11.1 Å². The maximum Gasteiger partial charge on any atom is 0.307 e. The fraction of sp³-hybridized carbons (Fsp3) is 0.469. The predicted octanol–water partition coefficient (Wildman–Crippen LogP) is 4.52. The Morgan fingerprint density at radius 2 is 2.05 bits per heavy atom. The summed E-state index contributed by atoms with van der Waals surface area (Å²) in [4.78, 5) is 35.4. The van der Waals surface area contributed by atoms with E-state index in [2.05, 4.69) is 40.3 Å². The van der Waals surface area contributed by atoms with Crippen molar-refractivity contribution in [2.45, 2.75) is 33.4 Å². The van der Waals surface area contributed by atoms with Gasteiger partial charge in [0, 0.05) is 50.2 Å². The summed E-state index contributed by atoms with van der Waals surface area (Å²) in [5.74, 6) is 0.827. The minimum atomic E-state index is -0.632. The predicted molar refractivity (Wildman–Crippen MR) is 158 cm³/mol. The number of hydrogen-bond acceptors (Lipinski definition) is 7. The highest BCUT2D eigenvalue weighted by molar-refractivity contribution is 7.14. The number of likely N-dealkylation sites (N-methyl/N-ethyl adjacent to an activating group) is 1. The monoisotopic (exact) mass is 572 g/mol. The number of carbonyl (C=O) groups is 2. The summed E-state index contributed by atoms with van der Waals surface area (Å²) in [6.45, 7) is 10.1. The summed E-state index contributed by atoms with van der Waals surface area (Å²) in [5.41, 5.74) is 5.60. The number of amides is 1. The average Bonchev–Trinajstić information content (AvgIpc) is 3.22. The SMILES string of the molecule is CCN1CCN(Cc2ccc(COc3ccccc3-c3csc(N4CC5C(C(=O)O)C6CC56C4)n3)c(C)c2)CC1=O. The number of nitrogens with zero attached hydrogens (tertiary/aromatic N) is 4. The van der Waals surface area contributed by atoms with E-state index in [4.69, 9.17) is 9.72 Å². The second kappa shape index (κ2) is 10.1. The van der Waals surface area contributed by atoms with Crippen LogP contribution in [0.15, 0.2) is 47.8 Å². The van der Waals surface area contributed by atoms with Crippen LogP contribution in [0.5, 0.6) is 5.75 Å². The van der Waals surface area contributed by atoms with Crippen LogP contribution in [-0.4, -0.2) is 71.0 Å². The summed E-state index contributed by atoms with van der Waals surface area (Å²) in [6.07, 6.45) is 1.05. The molecule has 4 unspecified atom stereocenters. The van der Waals surface area contributed by atoms with Crippen LogP contribution >= 0.6 is 11.3 Å². The van der Waals surface area contributed by atoms with E-state index >= 15 is 0 Å². The molecule has 1 aromatic heterocycles. The average molecular weight is 573 g/mol. The van der Waals surface area contributed by atoms with Crippen molar-refractivity contribution in [2.24, 2.45) is 23.2 Å². The fourth-order valence-electron chi connectivity index (χ4n) is 7.52. The van der Waals surface area contributed by atoms with E-state index in [1.54, 1.807) is 11.3 Å². The van der Waals surface area contributed by atoms with Gasteiger partial charge in [0.1, 0.15) is 12.4 Å². The van der Waals surface area contributed by atoms with E-state index < -0.39 is 5.97 Å². The number of carboxylic acids is 1. The zero-order valence-corrected chi connectivity index (χ0v) is 24.4. The summed E-state index contributed by atoms with van der Waals surface area (Å²) >= 11 is 1.63. The van der Waals surface area contributed by atoms with Gasteiger partial charge in [-0.25, -0.2) is 4.98 Å². The number of ether oxygens (including phenoxy) is 1. The second-order valence-corrected chi connectivity index (χ2v) is 13.0. The highest BCUT2D eigenvalue weighted by atomic mass is 32.1. The number of aromatic nitrogens is 1. The second-order valence-electron chi connectivity index (χ2n) is 12.1. The molecule has 1 amide bonds. The molecule has 8 nitrogen and oxygen atoms in total. The van der Waals surface area contributed by atoms with Crippen LogP contribution in [0.4, 0.5) is 5.13 Å². The molecular formula is C32H36N4O4S. The molecule has 9 heteroatoms. The van der Waals surface area contributed by atoms with E-state index in [-0.39, 0.29) is 23.2 Å². The molecule has 2 saturated carbocycles. The van der Waals surface area contributed by atoms with E-state index in [0.717, 1.165) is 73.4 Å². The van der Waals surface area contributed by atoms with Gasteiger partial charge >= 0.3 is 5.97 Å². The van der Waals surface area contributed by atoms with Crippen molar-refractivity contribution >= 4 is 28.3 Å². The van der Waals surface area contributed by atoms with E-state index in [0.29, 0.717) is 19.1 Å². The first-order valence-electron chi connectivity index (χ1n) is 14.6. The molecule has 2 aromatic carbocycles. The molecular weight excluding hydrogens is 536 g/mol. The van der Waals surface area contributed by atoms with Crippen molar-refractivity contribution in [2.75, 3.05) is 44.2 Å². The fourth-order valence-corrected chi connectivity index (χ4v) is 8.35. The standard InChI is InChI=1S/C32H36N4O4S/c1-3-35-11-10-34(16-28(35)37)14-21-8-9-22(20(2)12-21)17-40-27-7-5-4-6-23(27)26-18-41-31(33-26)36-15-25-29(30(38)39)24-13-32(24,25)19-36/h4-9,12,18,24-25,29H,3,10-11,13-17,19H2,1-2H3,(H,38,39). The molecule has 0 radical (unpaired) electrons. The number of thiazole rings is 1. The zero-order chi connectivity index (χ0) is 28.3. The van der Waals surface area contributed by atoms with Crippen LogP contribution in [0.25, 0.3) is 11.3 Å². The third-order valence-electron chi connectivity index (χ3n) is 9.87. The third kappa shape index (κ3) is 4.59. The number of benzene rings is 2. The van der Waals surface area contributed by atoms with Gasteiger partial charge < -0.3 is 19.6 Å². The quantitative estimate of drug-likeness (QED) is 0.404. The van der Waals surface area contributed by atoms with E-state index in [1.807, 2.05) is 36.1 Å². The number of carbonyl (C=O) groups excluding carboxylic acids is 1. The van der Waals surface area contributed by atoms with E-state index in [9.17, 15) is 14.7 Å². The molecule has 41 heavy (non-hydrogen) atoms. The molecule has 1 N–H and O–H groups in total. The Kier molecular flexibility index (Phi) is 6.54. The number of hydrogen-bond donors (Lipinski definition) is 1. The van der Waals surface area contributed by atoms with Gasteiger partial charge in [0.2, 0.25) is 5.91 Å². The van der Waals surface area contributed by atoms with Crippen molar-refractivity contribution in [1.29, 1.82) is 0 Å². The smallest absolute Gasteiger partial charge is 0.307 e. The molecule has 2 saturated heterocycles. The third-order valence-corrected chi connectivity index (χ3v) is 10.8. The molecule has 3 heterocycles. The highest BCUT2D eigenvalue weighted by Crippen LogP contribution is 2.76. The van der Waals surface area contributed by atoms with Crippen LogP contribution < -0.4 is 9.64 Å². The maximum absolute atomic E-state index is 12.3. The number of rotatable bonds is 9. The number of aliphatic carboxylic acids is 1.